The van der Waals surface area contributed by atoms with E-state index in [1.165, 1.54) is 0 Å². The van der Waals surface area contributed by atoms with Crippen LogP contribution in [0.4, 0.5) is 0 Å². The maximum Gasteiger partial charge on any atom is 0.197 e. The van der Waals surface area contributed by atoms with Gasteiger partial charge in [-0.1, -0.05) is 0 Å². The first kappa shape index (κ1) is 11.1. The lowest BCUT2D eigenvalue weighted by atomic mass is 10.3. The van der Waals surface area contributed by atoms with Crippen LogP contribution in [0.1, 0.15) is 5.76 Å². The van der Waals surface area contributed by atoms with Gasteiger partial charge in [-0.15, -0.1) is 0 Å². The van der Waals surface area contributed by atoms with Crippen LogP contribution in [0.5, 0.6) is 0 Å². The van der Waals surface area contributed by atoms with E-state index >= 15 is 0 Å². The van der Waals surface area contributed by atoms with E-state index in [4.69, 9.17) is 21.0 Å². The molecule has 1 aromatic rings. The molecule has 15 heavy (non-hydrogen) atoms. The van der Waals surface area contributed by atoms with E-state index < -0.39 is 0 Å². The van der Waals surface area contributed by atoms with Gasteiger partial charge in [-0.3, -0.25) is 16.1 Å². The van der Waals surface area contributed by atoms with Crippen molar-refractivity contribution in [1.82, 2.24) is 10.2 Å². The Hall–Kier alpha value is -1.98. The van der Waals surface area contributed by atoms with E-state index in [0.717, 1.165) is 5.76 Å². The molecule has 6 heteroatoms. The van der Waals surface area contributed by atoms with Crippen molar-refractivity contribution < 1.29 is 4.42 Å². The van der Waals surface area contributed by atoms with Crippen LogP contribution in [-0.2, 0) is 6.42 Å². The fourth-order valence-electron chi connectivity index (χ4n) is 1.07. The van der Waals surface area contributed by atoms with Crippen molar-refractivity contribution in [1.29, 1.82) is 10.8 Å². The molecule has 0 amide bonds. The van der Waals surface area contributed by atoms with Gasteiger partial charge < -0.3 is 15.1 Å². The molecule has 0 saturated heterocycles. The molecule has 82 valence electrons. The third kappa shape index (κ3) is 3.72. The summed E-state index contributed by atoms with van der Waals surface area (Å²) >= 11 is 0. The topological polar surface area (TPSA) is 102 Å². The third-order valence-electron chi connectivity index (χ3n) is 1.91. The lowest BCUT2D eigenvalue weighted by Crippen LogP contribution is -2.44. The molecule has 0 spiro atoms. The highest BCUT2D eigenvalue weighted by Crippen LogP contribution is 2.01. The van der Waals surface area contributed by atoms with Gasteiger partial charge in [0, 0.05) is 20.0 Å². The predicted octanol–water partition coefficient (Wildman–Crippen LogP) is 0.172. The number of hydrogen-bond donors (Lipinski definition) is 4. The highest BCUT2D eigenvalue weighted by molar-refractivity contribution is 5.94. The van der Waals surface area contributed by atoms with Gasteiger partial charge in [0.05, 0.1) is 6.26 Å². The van der Waals surface area contributed by atoms with Crippen molar-refractivity contribution in [3.05, 3.63) is 24.2 Å². The number of guanidine groups is 2. The summed E-state index contributed by atoms with van der Waals surface area (Å²) < 4.78 is 5.16. The van der Waals surface area contributed by atoms with Gasteiger partial charge in [-0.05, 0) is 12.1 Å². The average Bonchev–Trinajstić information content (AvgIpc) is 2.65. The Morgan fingerprint density at radius 1 is 1.60 bits per heavy atom. The number of rotatable bonds is 3. The molecule has 0 aliphatic heterocycles. The molecule has 0 fully saturated rings. The van der Waals surface area contributed by atoms with Gasteiger partial charge in [0.15, 0.2) is 11.9 Å². The smallest absolute Gasteiger partial charge is 0.197 e. The van der Waals surface area contributed by atoms with Gasteiger partial charge in [-0.25, -0.2) is 0 Å². The summed E-state index contributed by atoms with van der Waals surface area (Å²) in [6.07, 6.45) is 2.33. The van der Waals surface area contributed by atoms with Gasteiger partial charge in [0.2, 0.25) is 0 Å². The van der Waals surface area contributed by atoms with Crippen LogP contribution >= 0.6 is 0 Å². The van der Waals surface area contributed by atoms with Crippen LogP contribution in [-0.4, -0.2) is 30.4 Å². The van der Waals surface area contributed by atoms with Gasteiger partial charge >= 0.3 is 0 Å². The summed E-state index contributed by atoms with van der Waals surface area (Å²) in [7, 11) is 1.75. The van der Waals surface area contributed by atoms with Crippen LogP contribution in [0.15, 0.2) is 22.8 Å². The van der Waals surface area contributed by atoms with Crippen LogP contribution in [0, 0.1) is 10.8 Å². The second-order valence-corrected chi connectivity index (χ2v) is 3.14. The Bertz CT molecular complexity index is 332. The lowest BCUT2D eigenvalue weighted by Gasteiger charge is -2.19. The first-order chi connectivity index (χ1) is 7.09. The zero-order valence-electron chi connectivity index (χ0n) is 8.58. The Balaban J connectivity index is 2.32. The Morgan fingerprint density at radius 3 is 2.87 bits per heavy atom. The number of hydrogen-bond acceptors (Lipinski definition) is 3. The standard InChI is InChI=1S/C9H15N5O/c1-14(9(12)13-8(10)11)5-4-7-3-2-6-15-7/h2-3,6H,4-5H2,1H3,(H5,10,11,12,13). The summed E-state index contributed by atoms with van der Waals surface area (Å²) in [5.41, 5.74) is 5.11. The molecule has 0 bridgehead atoms. The first-order valence-electron chi connectivity index (χ1n) is 4.52. The second-order valence-electron chi connectivity index (χ2n) is 3.14. The molecule has 0 aliphatic rings. The van der Waals surface area contributed by atoms with E-state index in [-0.39, 0.29) is 11.9 Å². The van der Waals surface area contributed by atoms with E-state index in [2.05, 4.69) is 5.32 Å². The molecular formula is C9H15N5O. The largest absolute Gasteiger partial charge is 0.469 e. The fourth-order valence-corrected chi connectivity index (χ4v) is 1.07. The Kier molecular flexibility index (Phi) is 3.73. The summed E-state index contributed by atoms with van der Waals surface area (Å²) in [6, 6.07) is 3.71. The minimum atomic E-state index is -0.232. The van der Waals surface area contributed by atoms with Crippen LogP contribution in [0.2, 0.25) is 0 Å². The van der Waals surface area contributed by atoms with Gasteiger partial charge in [-0.2, -0.15) is 0 Å². The van der Waals surface area contributed by atoms with E-state index in [9.17, 15) is 0 Å². The van der Waals surface area contributed by atoms with Crippen molar-refractivity contribution in [2.45, 2.75) is 6.42 Å². The lowest BCUT2D eigenvalue weighted by molar-refractivity contribution is 0.444. The molecule has 0 radical (unpaired) electrons. The molecule has 1 heterocycles. The Morgan fingerprint density at radius 2 is 2.33 bits per heavy atom. The molecule has 6 nitrogen and oxygen atoms in total. The van der Waals surface area contributed by atoms with E-state index in [0.29, 0.717) is 13.0 Å². The normalized spacial score (nSPS) is 9.67. The molecule has 5 N–H and O–H groups in total. The molecule has 0 saturated carbocycles. The SMILES string of the molecule is CN(CCc1ccco1)C(=N)NC(=N)N. The maximum absolute atomic E-state index is 7.52. The summed E-state index contributed by atoms with van der Waals surface area (Å²) in [5, 5.41) is 16.9. The minimum absolute atomic E-state index is 0.106. The van der Waals surface area contributed by atoms with Crippen molar-refractivity contribution >= 4 is 11.9 Å². The van der Waals surface area contributed by atoms with Crippen LogP contribution in [0.25, 0.3) is 0 Å². The molecule has 0 atom stereocenters. The van der Waals surface area contributed by atoms with Crippen molar-refractivity contribution in [2.75, 3.05) is 13.6 Å². The summed E-state index contributed by atoms with van der Waals surface area (Å²) in [6.45, 7) is 0.632. The summed E-state index contributed by atoms with van der Waals surface area (Å²) in [5.74, 6) is 0.747. The van der Waals surface area contributed by atoms with Crippen molar-refractivity contribution in [3.63, 3.8) is 0 Å². The van der Waals surface area contributed by atoms with Crippen molar-refractivity contribution in [3.8, 4) is 0 Å². The van der Waals surface area contributed by atoms with Crippen LogP contribution in [0.3, 0.4) is 0 Å². The highest BCUT2D eigenvalue weighted by atomic mass is 16.3. The number of nitrogens with zero attached hydrogens (tertiary/aromatic N) is 1. The number of nitrogens with one attached hydrogen (secondary N) is 3. The molecule has 0 unspecified atom stereocenters. The molecule has 0 aliphatic carbocycles. The Labute approximate surface area is 88.1 Å². The zero-order valence-corrected chi connectivity index (χ0v) is 8.58. The second kappa shape index (κ2) is 5.04. The first-order valence-corrected chi connectivity index (χ1v) is 4.52. The third-order valence-corrected chi connectivity index (χ3v) is 1.91. The van der Waals surface area contributed by atoms with E-state index in [1.807, 2.05) is 12.1 Å². The maximum atomic E-state index is 7.52. The van der Waals surface area contributed by atoms with Crippen molar-refractivity contribution in [2.24, 2.45) is 5.73 Å². The number of likely N-dealkylation sites (N-methyl/N-ethyl adjacent to an activating group) is 1. The number of nitrogens with two attached hydrogens (primary N) is 1. The minimum Gasteiger partial charge on any atom is -0.469 e. The molecular weight excluding hydrogens is 194 g/mol. The van der Waals surface area contributed by atoms with Crippen LogP contribution < -0.4 is 11.1 Å². The monoisotopic (exact) mass is 209 g/mol. The zero-order chi connectivity index (χ0) is 11.3. The van der Waals surface area contributed by atoms with E-state index in [1.54, 1.807) is 18.2 Å². The van der Waals surface area contributed by atoms with Gasteiger partial charge in [0.1, 0.15) is 5.76 Å². The van der Waals surface area contributed by atoms with Gasteiger partial charge in [0.25, 0.3) is 0 Å². The average molecular weight is 209 g/mol. The molecule has 1 aromatic heterocycles. The molecule has 1 rings (SSSR count). The summed E-state index contributed by atoms with van der Waals surface area (Å²) in [4.78, 5) is 1.66. The molecule has 0 aromatic carbocycles. The quantitative estimate of drug-likeness (QED) is 0.421. The fraction of sp³-hybridized carbons (Fsp3) is 0.333. The predicted molar refractivity (Wildman–Crippen MR) is 57.8 cm³/mol. The highest BCUT2D eigenvalue weighted by Gasteiger charge is 2.05. The number of furan rings is 1.